The molecule has 0 aliphatic heterocycles. The molecule has 1 heterocycles. The van der Waals surface area contributed by atoms with Crippen LogP contribution in [0.5, 0.6) is 0 Å². The third-order valence-electron chi connectivity index (χ3n) is 3.04. The summed E-state index contributed by atoms with van der Waals surface area (Å²) >= 11 is 0. The Hall–Kier alpha value is -0.860. The van der Waals surface area contributed by atoms with Crippen molar-refractivity contribution in [1.82, 2.24) is 15.0 Å². The molecule has 0 N–H and O–H groups in total. The molecule has 0 saturated carbocycles. The lowest BCUT2D eigenvalue weighted by Gasteiger charge is -2.20. The summed E-state index contributed by atoms with van der Waals surface area (Å²) < 4.78 is 1.98. The molecule has 0 aliphatic rings. The topological polar surface area (TPSA) is 30.7 Å². The number of nitrogens with zero attached hydrogens (tertiary/aromatic N) is 3. The maximum absolute atomic E-state index is 4.30. The Kier molecular flexibility index (Phi) is 4.51. The van der Waals surface area contributed by atoms with Crippen LogP contribution in [0.25, 0.3) is 0 Å². The summed E-state index contributed by atoms with van der Waals surface area (Å²) in [7, 11) is 0. The fraction of sp³-hybridized carbons (Fsp3) is 0.846. The van der Waals surface area contributed by atoms with Gasteiger partial charge in [-0.25, -0.2) is 0 Å². The first-order valence-electron chi connectivity index (χ1n) is 6.36. The maximum Gasteiger partial charge on any atom is 0.0883 e. The quantitative estimate of drug-likeness (QED) is 0.740. The summed E-state index contributed by atoms with van der Waals surface area (Å²) in [5, 5.41) is 8.50. The van der Waals surface area contributed by atoms with Crippen LogP contribution in [0.2, 0.25) is 0 Å². The van der Waals surface area contributed by atoms with Crippen LogP contribution in [-0.4, -0.2) is 15.0 Å². The molecule has 1 aromatic heterocycles. The van der Waals surface area contributed by atoms with Crippen molar-refractivity contribution in [3.05, 3.63) is 11.9 Å². The van der Waals surface area contributed by atoms with Gasteiger partial charge >= 0.3 is 0 Å². The number of hydrogen-bond acceptors (Lipinski definition) is 2. The molecule has 0 saturated heterocycles. The second-order valence-corrected chi connectivity index (χ2v) is 5.68. The Morgan fingerprint density at radius 1 is 1.38 bits per heavy atom. The molecular formula is C13H25N3. The zero-order chi connectivity index (χ0) is 12.2. The second-order valence-electron chi connectivity index (χ2n) is 5.68. The van der Waals surface area contributed by atoms with Gasteiger partial charge in [0.25, 0.3) is 0 Å². The summed E-state index contributed by atoms with van der Waals surface area (Å²) in [4.78, 5) is 0. The smallest absolute Gasteiger partial charge is 0.0883 e. The maximum atomic E-state index is 4.30. The van der Waals surface area contributed by atoms with Gasteiger partial charge in [-0.1, -0.05) is 46.3 Å². The van der Waals surface area contributed by atoms with Gasteiger partial charge in [0.05, 0.1) is 5.69 Å². The lowest BCUT2D eigenvalue weighted by Crippen LogP contribution is -2.17. The Morgan fingerprint density at radius 3 is 2.62 bits per heavy atom. The van der Waals surface area contributed by atoms with Crippen LogP contribution >= 0.6 is 0 Å². The highest BCUT2D eigenvalue weighted by Gasteiger charge is 2.22. The Balaban J connectivity index is 2.63. The molecule has 0 atom stereocenters. The van der Waals surface area contributed by atoms with Gasteiger partial charge in [-0.2, -0.15) is 0 Å². The zero-order valence-electron chi connectivity index (χ0n) is 11.3. The van der Waals surface area contributed by atoms with Crippen LogP contribution in [0.3, 0.4) is 0 Å². The number of aryl methyl sites for hydroxylation is 1. The predicted octanol–water partition coefficient (Wildman–Crippen LogP) is 3.40. The molecule has 0 amide bonds. The van der Waals surface area contributed by atoms with E-state index in [0.717, 1.165) is 31.0 Å². The first-order valence-corrected chi connectivity index (χ1v) is 6.36. The van der Waals surface area contributed by atoms with Crippen molar-refractivity contribution in [2.75, 3.05) is 0 Å². The largest absolute Gasteiger partial charge is 0.252 e. The molecule has 1 rings (SSSR count). The van der Waals surface area contributed by atoms with Gasteiger partial charge < -0.3 is 0 Å². The van der Waals surface area contributed by atoms with Crippen molar-refractivity contribution in [3.63, 3.8) is 0 Å². The summed E-state index contributed by atoms with van der Waals surface area (Å²) in [5.41, 5.74) is 1.28. The van der Waals surface area contributed by atoms with Gasteiger partial charge in [-0.05, 0) is 18.8 Å². The minimum atomic E-state index is 0.158. The number of aromatic nitrogens is 3. The van der Waals surface area contributed by atoms with Gasteiger partial charge in [0.15, 0.2) is 0 Å². The van der Waals surface area contributed by atoms with Gasteiger partial charge in [-0.15, -0.1) is 5.10 Å². The van der Waals surface area contributed by atoms with Crippen LogP contribution in [0, 0.1) is 5.92 Å². The predicted molar refractivity (Wildman–Crippen MR) is 67.4 cm³/mol. The number of rotatable bonds is 6. The molecule has 0 aromatic carbocycles. The van der Waals surface area contributed by atoms with Crippen molar-refractivity contribution in [2.24, 2.45) is 5.92 Å². The Bertz CT molecular complexity index is 313. The van der Waals surface area contributed by atoms with E-state index < -0.39 is 0 Å². The van der Waals surface area contributed by atoms with Crippen molar-refractivity contribution in [2.45, 2.75) is 65.8 Å². The van der Waals surface area contributed by atoms with E-state index in [1.807, 2.05) is 4.68 Å². The van der Waals surface area contributed by atoms with Crippen molar-refractivity contribution in [1.29, 1.82) is 0 Å². The van der Waals surface area contributed by atoms with Crippen LogP contribution in [0.1, 0.15) is 59.6 Å². The van der Waals surface area contributed by atoms with Gasteiger partial charge in [0.2, 0.25) is 0 Å². The molecule has 0 radical (unpaired) electrons. The molecule has 92 valence electrons. The van der Waals surface area contributed by atoms with Crippen molar-refractivity contribution in [3.8, 4) is 0 Å². The van der Waals surface area contributed by atoms with E-state index in [2.05, 4.69) is 51.1 Å². The molecule has 0 unspecified atom stereocenters. The number of hydrogen-bond donors (Lipinski definition) is 0. The highest BCUT2D eigenvalue weighted by molar-refractivity contribution is 5.08. The first kappa shape index (κ1) is 13.2. The monoisotopic (exact) mass is 223 g/mol. The average Bonchev–Trinajstić information content (AvgIpc) is 2.63. The third-order valence-corrected chi connectivity index (χ3v) is 3.04. The fourth-order valence-electron chi connectivity index (χ4n) is 1.86. The highest BCUT2D eigenvalue weighted by atomic mass is 15.4. The molecule has 0 aliphatic carbocycles. The summed E-state index contributed by atoms with van der Waals surface area (Å²) in [6.07, 6.45) is 5.62. The normalized spacial score (nSPS) is 12.4. The van der Waals surface area contributed by atoms with E-state index in [1.54, 1.807) is 0 Å². The van der Waals surface area contributed by atoms with Crippen LogP contribution < -0.4 is 0 Å². The van der Waals surface area contributed by atoms with Gasteiger partial charge in [-0.3, -0.25) is 4.68 Å². The summed E-state index contributed by atoms with van der Waals surface area (Å²) in [6, 6.07) is 0. The van der Waals surface area contributed by atoms with Crippen LogP contribution in [0.4, 0.5) is 0 Å². The average molecular weight is 223 g/mol. The highest BCUT2D eigenvalue weighted by Crippen LogP contribution is 2.26. The summed E-state index contributed by atoms with van der Waals surface area (Å²) in [6.45, 7) is 12.1. The third kappa shape index (κ3) is 3.62. The minimum absolute atomic E-state index is 0.158. The van der Waals surface area contributed by atoms with E-state index in [-0.39, 0.29) is 5.41 Å². The van der Waals surface area contributed by atoms with Crippen molar-refractivity contribution >= 4 is 0 Å². The van der Waals surface area contributed by atoms with Gasteiger partial charge in [0, 0.05) is 18.2 Å². The molecule has 0 bridgehead atoms. The minimum Gasteiger partial charge on any atom is -0.252 e. The van der Waals surface area contributed by atoms with E-state index in [4.69, 9.17) is 0 Å². The molecular weight excluding hydrogens is 198 g/mol. The van der Waals surface area contributed by atoms with Crippen LogP contribution in [-0.2, 0) is 12.0 Å². The molecule has 3 heteroatoms. The SMILES string of the molecule is CCCC(C)(C)c1cn(CCC(C)C)nn1. The lowest BCUT2D eigenvalue weighted by molar-refractivity contribution is 0.458. The molecule has 16 heavy (non-hydrogen) atoms. The van der Waals surface area contributed by atoms with Crippen molar-refractivity contribution < 1.29 is 0 Å². The molecule has 0 fully saturated rings. The Morgan fingerprint density at radius 2 is 2.06 bits per heavy atom. The summed E-state index contributed by atoms with van der Waals surface area (Å²) in [5.74, 6) is 0.719. The zero-order valence-corrected chi connectivity index (χ0v) is 11.3. The lowest BCUT2D eigenvalue weighted by atomic mass is 9.85. The fourth-order valence-corrected chi connectivity index (χ4v) is 1.86. The Labute approximate surface area is 99.2 Å². The molecule has 1 aromatic rings. The van der Waals surface area contributed by atoms with E-state index in [9.17, 15) is 0 Å². The molecule has 3 nitrogen and oxygen atoms in total. The van der Waals surface area contributed by atoms with Crippen LogP contribution in [0.15, 0.2) is 6.20 Å². The molecule has 0 spiro atoms. The van der Waals surface area contributed by atoms with Gasteiger partial charge in [0.1, 0.15) is 0 Å². The first-order chi connectivity index (χ1) is 7.45. The van der Waals surface area contributed by atoms with E-state index in [0.29, 0.717) is 0 Å². The van der Waals surface area contributed by atoms with E-state index in [1.165, 1.54) is 6.42 Å². The standard InChI is InChI=1S/C13H25N3/c1-6-8-13(4,5)12-10-16(15-14-12)9-7-11(2)3/h10-11H,6-9H2,1-5H3. The second kappa shape index (κ2) is 5.46. The van der Waals surface area contributed by atoms with E-state index >= 15 is 0 Å².